The maximum absolute atomic E-state index is 11.8. The van der Waals surface area contributed by atoms with Crippen LogP contribution in [0.5, 0.6) is 0 Å². The molecule has 1 saturated heterocycles. The smallest absolute Gasteiger partial charge is 0.407 e. The summed E-state index contributed by atoms with van der Waals surface area (Å²) in [7, 11) is 0. The van der Waals surface area contributed by atoms with E-state index in [2.05, 4.69) is 5.32 Å². The lowest BCUT2D eigenvalue weighted by Crippen LogP contribution is -2.68. The van der Waals surface area contributed by atoms with Gasteiger partial charge in [0.2, 0.25) is 0 Å². The molecule has 5 nitrogen and oxygen atoms in total. The molecular formula is C13H24N2O3. The third kappa shape index (κ3) is 2.62. The second-order valence-electron chi connectivity index (χ2n) is 6.39. The molecule has 0 radical (unpaired) electrons. The number of nitrogens with one attached hydrogen (secondary N) is 1. The molecule has 5 heteroatoms. The van der Waals surface area contributed by atoms with Crippen LogP contribution in [0.25, 0.3) is 0 Å². The highest BCUT2D eigenvalue weighted by Gasteiger charge is 2.54. The molecule has 2 fully saturated rings. The first-order valence-corrected chi connectivity index (χ1v) is 6.66. The highest BCUT2D eigenvalue weighted by molar-refractivity contribution is 5.68. The lowest BCUT2D eigenvalue weighted by Gasteiger charge is -2.56. The molecule has 1 amide bonds. The van der Waals surface area contributed by atoms with E-state index in [0.29, 0.717) is 0 Å². The lowest BCUT2D eigenvalue weighted by atomic mass is 9.57. The van der Waals surface area contributed by atoms with Gasteiger partial charge in [-0.05, 0) is 40.0 Å². The normalized spacial score (nSPS) is 30.7. The monoisotopic (exact) mass is 256 g/mol. The molecule has 1 saturated carbocycles. The number of alkyl carbamates (subject to hydrolysis) is 1. The van der Waals surface area contributed by atoms with Crippen molar-refractivity contribution in [2.24, 2.45) is 11.1 Å². The van der Waals surface area contributed by atoms with Gasteiger partial charge in [-0.15, -0.1) is 0 Å². The van der Waals surface area contributed by atoms with Crippen molar-refractivity contribution in [1.29, 1.82) is 0 Å². The van der Waals surface area contributed by atoms with Crippen molar-refractivity contribution < 1.29 is 14.3 Å². The van der Waals surface area contributed by atoms with Crippen LogP contribution in [0.2, 0.25) is 0 Å². The van der Waals surface area contributed by atoms with E-state index >= 15 is 0 Å². The minimum atomic E-state index is -0.460. The van der Waals surface area contributed by atoms with Gasteiger partial charge in [-0.3, -0.25) is 0 Å². The third-order valence-corrected chi connectivity index (χ3v) is 4.04. The largest absolute Gasteiger partial charge is 0.444 e. The van der Waals surface area contributed by atoms with Gasteiger partial charge in [-0.2, -0.15) is 0 Å². The van der Waals surface area contributed by atoms with E-state index in [1.54, 1.807) is 0 Å². The van der Waals surface area contributed by atoms with Gasteiger partial charge in [0.25, 0.3) is 0 Å². The molecule has 0 bridgehead atoms. The van der Waals surface area contributed by atoms with E-state index in [9.17, 15) is 4.79 Å². The summed E-state index contributed by atoms with van der Waals surface area (Å²) in [5.74, 6) is 0. The summed E-state index contributed by atoms with van der Waals surface area (Å²) in [4.78, 5) is 11.8. The number of rotatable bonds is 1. The minimum Gasteiger partial charge on any atom is -0.444 e. The van der Waals surface area contributed by atoms with Gasteiger partial charge in [-0.1, -0.05) is 0 Å². The van der Waals surface area contributed by atoms with Crippen molar-refractivity contribution in [1.82, 2.24) is 5.32 Å². The molecule has 2 aliphatic rings. The fraction of sp³-hybridized carbons (Fsp3) is 0.923. The number of hydrogen-bond donors (Lipinski definition) is 2. The van der Waals surface area contributed by atoms with E-state index in [0.717, 1.165) is 32.5 Å². The first-order valence-electron chi connectivity index (χ1n) is 6.66. The SMILES string of the molecule is CC(C)(C)OC(=O)NC1CC(N)C12CCOCC2. The Kier molecular flexibility index (Phi) is 3.56. The fourth-order valence-electron chi connectivity index (χ4n) is 2.94. The zero-order valence-electron chi connectivity index (χ0n) is 11.5. The van der Waals surface area contributed by atoms with Crippen LogP contribution < -0.4 is 11.1 Å². The Morgan fingerprint density at radius 3 is 2.50 bits per heavy atom. The molecule has 2 rings (SSSR count). The molecule has 0 aromatic heterocycles. The molecular weight excluding hydrogens is 232 g/mol. The first-order chi connectivity index (χ1) is 8.33. The Balaban J connectivity index is 1.92. The molecule has 1 aliphatic heterocycles. The van der Waals surface area contributed by atoms with Crippen LogP contribution in [-0.4, -0.2) is 37.0 Å². The summed E-state index contributed by atoms with van der Waals surface area (Å²) in [5, 5.41) is 2.97. The minimum absolute atomic E-state index is 0.0230. The van der Waals surface area contributed by atoms with Gasteiger partial charge in [0, 0.05) is 30.7 Å². The van der Waals surface area contributed by atoms with Crippen molar-refractivity contribution in [3.63, 3.8) is 0 Å². The zero-order valence-corrected chi connectivity index (χ0v) is 11.5. The second-order valence-corrected chi connectivity index (χ2v) is 6.39. The predicted octanol–water partition coefficient (Wildman–Crippen LogP) is 1.41. The molecule has 18 heavy (non-hydrogen) atoms. The Labute approximate surface area is 108 Å². The van der Waals surface area contributed by atoms with E-state index in [4.69, 9.17) is 15.2 Å². The zero-order chi connectivity index (χ0) is 13.4. The third-order valence-electron chi connectivity index (χ3n) is 4.04. The van der Waals surface area contributed by atoms with Gasteiger partial charge < -0.3 is 20.5 Å². The van der Waals surface area contributed by atoms with Crippen molar-refractivity contribution in [3.05, 3.63) is 0 Å². The molecule has 1 spiro atoms. The predicted molar refractivity (Wildman–Crippen MR) is 68.2 cm³/mol. The van der Waals surface area contributed by atoms with Crippen LogP contribution in [0.15, 0.2) is 0 Å². The lowest BCUT2D eigenvalue weighted by molar-refractivity contribution is -0.0717. The molecule has 2 atom stereocenters. The van der Waals surface area contributed by atoms with E-state index < -0.39 is 5.60 Å². The van der Waals surface area contributed by atoms with Crippen LogP contribution in [0.1, 0.15) is 40.0 Å². The maximum Gasteiger partial charge on any atom is 0.407 e. The molecule has 0 aromatic carbocycles. The Morgan fingerprint density at radius 2 is 2.00 bits per heavy atom. The Bertz CT molecular complexity index is 319. The average Bonchev–Trinajstić information content (AvgIpc) is 2.27. The van der Waals surface area contributed by atoms with Crippen LogP contribution >= 0.6 is 0 Å². The van der Waals surface area contributed by atoms with Crippen molar-refractivity contribution in [2.45, 2.75) is 57.7 Å². The van der Waals surface area contributed by atoms with Gasteiger partial charge in [0.1, 0.15) is 5.60 Å². The topological polar surface area (TPSA) is 73.6 Å². The number of carbonyl (C=O) groups excluding carboxylic acids is 1. The molecule has 3 N–H and O–H groups in total. The van der Waals surface area contributed by atoms with Crippen LogP contribution in [-0.2, 0) is 9.47 Å². The highest BCUT2D eigenvalue weighted by atomic mass is 16.6. The van der Waals surface area contributed by atoms with Gasteiger partial charge in [-0.25, -0.2) is 4.79 Å². The van der Waals surface area contributed by atoms with Gasteiger partial charge >= 0.3 is 6.09 Å². The summed E-state index contributed by atoms with van der Waals surface area (Å²) >= 11 is 0. The standard InChI is InChI=1S/C13H24N2O3/c1-12(2,3)18-11(16)15-10-8-9(14)13(10)4-6-17-7-5-13/h9-10H,4-8,14H2,1-3H3,(H,15,16). The molecule has 1 aliphatic carbocycles. The van der Waals surface area contributed by atoms with Crippen LogP contribution in [0.3, 0.4) is 0 Å². The number of ether oxygens (including phenoxy) is 2. The Hall–Kier alpha value is -0.810. The van der Waals surface area contributed by atoms with Crippen molar-refractivity contribution in [2.75, 3.05) is 13.2 Å². The Morgan fingerprint density at radius 1 is 1.39 bits per heavy atom. The average molecular weight is 256 g/mol. The second kappa shape index (κ2) is 4.70. The maximum atomic E-state index is 11.8. The number of amides is 1. The number of carbonyl (C=O) groups is 1. The van der Waals surface area contributed by atoms with Crippen molar-refractivity contribution >= 4 is 6.09 Å². The summed E-state index contributed by atoms with van der Waals surface area (Å²) < 4.78 is 10.7. The van der Waals surface area contributed by atoms with E-state index in [-0.39, 0.29) is 23.6 Å². The summed E-state index contributed by atoms with van der Waals surface area (Å²) in [6, 6.07) is 0.299. The fourth-order valence-corrected chi connectivity index (χ4v) is 2.94. The first kappa shape index (κ1) is 13.6. The number of hydrogen-bond acceptors (Lipinski definition) is 4. The summed E-state index contributed by atoms with van der Waals surface area (Å²) in [5.41, 5.74) is 5.70. The molecule has 1 heterocycles. The quantitative estimate of drug-likeness (QED) is 0.744. The number of nitrogens with two attached hydrogens (primary N) is 1. The van der Waals surface area contributed by atoms with E-state index in [1.165, 1.54) is 0 Å². The van der Waals surface area contributed by atoms with Gasteiger partial charge in [0.05, 0.1) is 0 Å². The van der Waals surface area contributed by atoms with Crippen LogP contribution in [0, 0.1) is 5.41 Å². The summed E-state index contributed by atoms with van der Waals surface area (Å²) in [6.45, 7) is 7.07. The summed E-state index contributed by atoms with van der Waals surface area (Å²) in [6.07, 6.45) is 2.34. The highest BCUT2D eigenvalue weighted by Crippen LogP contribution is 2.47. The van der Waals surface area contributed by atoms with Crippen molar-refractivity contribution in [3.8, 4) is 0 Å². The van der Waals surface area contributed by atoms with Gasteiger partial charge in [0.15, 0.2) is 0 Å². The van der Waals surface area contributed by atoms with E-state index in [1.807, 2.05) is 20.8 Å². The molecule has 0 aromatic rings. The molecule has 104 valence electrons. The molecule has 2 unspecified atom stereocenters. The van der Waals surface area contributed by atoms with Crippen LogP contribution in [0.4, 0.5) is 4.79 Å².